The van der Waals surface area contributed by atoms with Crippen LogP contribution in [0.3, 0.4) is 0 Å². The van der Waals surface area contributed by atoms with Gasteiger partial charge in [0, 0.05) is 18.7 Å². The first-order chi connectivity index (χ1) is 11.3. The third-order valence-electron chi connectivity index (χ3n) is 5.97. The Morgan fingerprint density at radius 1 is 1.00 bits per heavy atom. The number of piperidine rings is 1. The van der Waals surface area contributed by atoms with E-state index in [1.54, 1.807) is 18.2 Å². The van der Waals surface area contributed by atoms with E-state index in [4.69, 9.17) is 0 Å². The van der Waals surface area contributed by atoms with Gasteiger partial charge in [-0.05, 0) is 25.3 Å². The summed E-state index contributed by atoms with van der Waals surface area (Å²) in [5, 5.41) is 18.9. The van der Waals surface area contributed by atoms with Crippen molar-refractivity contribution >= 4 is 17.8 Å². The lowest BCUT2D eigenvalue weighted by Crippen LogP contribution is -2.41. The van der Waals surface area contributed by atoms with Crippen LogP contribution in [0.15, 0.2) is 24.3 Å². The molecule has 3 aliphatic rings. The minimum Gasteiger partial charge on any atom is -0.481 e. The summed E-state index contributed by atoms with van der Waals surface area (Å²) in [6.45, 7) is -0.243. The Morgan fingerprint density at radius 2 is 1.54 bits per heavy atom. The molecule has 0 aromatic heterocycles. The molecule has 1 amide bonds. The predicted molar refractivity (Wildman–Crippen MR) is 78.6 cm³/mol. The molecule has 0 unspecified atom stereocenters. The monoisotopic (exact) mass is 333 g/mol. The second-order valence-electron chi connectivity index (χ2n) is 7.17. The van der Waals surface area contributed by atoms with E-state index in [1.807, 2.05) is 0 Å². The topological polar surface area (TPSA) is 94.9 Å². The number of hydrogen-bond acceptors (Lipinski definition) is 3. The van der Waals surface area contributed by atoms with Crippen molar-refractivity contribution in [2.45, 2.75) is 24.7 Å². The van der Waals surface area contributed by atoms with Gasteiger partial charge in [0.15, 0.2) is 0 Å². The number of hydrogen-bond donors (Lipinski definition) is 2. The number of halogens is 1. The Labute approximate surface area is 136 Å². The maximum absolute atomic E-state index is 14.1. The van der Waals surface area contributed by atoms with E-state index in [0.717, 1.165) is 0 Å². The molecule has 2 N–H and O–H groups in total. The van der Waals surface area contributed by atoms with Crippen LogP contribution in [0.5, 0.6) is 0 Å². The molecule has 4 rings (SSSR count). The Kier molecular flexibility index (Phi) is 2.73. The van der Waals surface area contributed by atoms with Gasteiger partial charge in [-0.3, -0.25) is 14.4 Å². The highest BCUT2D eigenvalue weighted by Gasteiger charge is 2.82. The first-order valence-corrected chi connectivity index (χ1v) is 7.80. The van der Waals surface area contributed by atoms with E-state index in [0.29, 0.717) is 18.4 Å². The van der Waals surface area contributed by atoms with Crippen LogP contribution in [-0.4, -0.2) is 46.0 Å². The van der Waals surface area contributed by atoms with Crippen molar-refractivity contribution in [2.75, 3.05) is 13.1 Å². The molecule has 1 aromatic rings. The van der Waals surface area contributed by atoms with Crippen LogP contribution in [0, 0.1) is 16.6 Å². The number of nitrogens with zero attached hydrogens (tertiary/aromatic N) is 1. The molecular formula is C17H16FNO5. The highest BCUT2D eigenvalue weighted by Crippen LogP contribution is 2.69. The summed E-state index contributed by atoms with van der Waals surface area (Å²) in [5.74, 6) is -3.19. The SMILES string of the molecule is O=C(N1C[C@@]2(C(=O)O)C[C@@]2(C(=O)O)C1)C1(c2ccccc2F)CC1. The largest absolute Gasteiger partial charge is 0.481 e. The molecule has 2 saturated carbocycles. The number of likely N-dealkylation sites (tertiary alicyclic amines) is 1. The van der Waals surface area contributed by atoms with Crippen LogP contribution in [0.25, 0.3) is 0 Å². The summed E-state index contributed by atoms with van der Waals surface area (Å²) in [7, 11) is 0. The molecule has 0 radical (unpaired) electrons. The number of amides is 1. The number of rotatable bonds is 4. The van der Waals surface area contributed by atoms with Gasteiger partial charge in [0.25, 0.3) is 0 Å². The third kappa shape index (κ3) is 1.62. The summed E-state index contributed by atoms with van der Waals surface area (Å²) in [6.07, 6.45) is 1.02. The molecule has 0 bridgehead atoms. The second kappa shape index (κ2) is 4.34. The summed E-state index contributed by atoms with van der Waals surface area (Å²) >= 11 is 0. The number of carbonyl (C=O) groups is 3. The molecule has 1 aromatic carbocycles. The van der Waals surface area contributed by atoms with Gasteiger partial charge in [-0.15, -0.1) is 0 Å². The van der Waals surface area contributed by atoms with Gasteiger partial charge < -0.3 is 15.1 Å². The third-order valence-corrected chi connectivity index (χ3v) is 5.97. The zero-order valence-corrected chi connectivity index (χ0v) is 12.8. The number of carboxylic acids is 2. The van der Waals surface area contributed by atoms with Crippen LogP contribution in [0.2, 0.25) is 0 Å². The fourth-order valence-electron chi connectivity index (χ4n) is 4.31. The van der Waals surface area contributed by atoms with Crippen molar-refractivity contribution in [2.24, 2.45) is 10.8 Å². The average Bonchev–Trinajstić information content (AvgIpc) is 3.43. The molecule has 3 fully saturated rings. The van der Waals surface area contributed by atoms with Crippen molar-refractivity contribution in [3.63, 3.8) is 0 Å². The minimum atomic E-state index is -1.40. The fourth-order valence-corrected chi connectivity index (χ4v) is 4.31. The zero-order valence-electron chi connectivity index (χ0n) is 12.8. The van der Waals surface area contributed by atoms with Gasteiger partial charge in [-0.25, -0.2) is 4.39 Å². The van der Waals surface area contributed by atoms with E-state index in [2.05, 4.69) is 0 Å². The van der Waals surface area contributed by atoms with Gasteiger partial charge >= 0.3 is 11.9 Å². The Hall–Kier alpha value is -2.44. The molecule has 6 nitrogen and oxygen atoms in total. The van der Waals surface area contributed by atoms with Crippen molar-refractivity contribution < 1.29 is 29.0 Å². The Morgan fingerprint density at radius 3 is 2.00 bits per heavy atom. The van der Waals surface area contributed by atoms with Crippen LogP contribution < -0.4 is 0 Å². The molecule has 126 valence electrons. The maximum Gasteiger partial charge on any atom is 0.312 e. The number of benzene rings is 1. The van der Waals surface area contributed by atoms with Crippen LogP contribution >= 0.6 is 0 Å². The summed E-state index contributed by atoms with van der Waals surface area (Å²) in [5.41, 5.74) is -3.47. The van der Waals surface area contributed by atoms with E-state index < -0.39 is 34.0 Å². The van der Waals surface area contributed by atoms with Gasteiger partial charge in [0.1, 0.15) is 16.6 Å². The molecule has 1 aliphatic heterocycles. The fraction of sp³-hybridized carbons (Fsp3) is 0.471. The van der Waals surface area contributed by atoms with Crippen LogP contribution in [0.4, 0.5) is 4.39 Å². The lowest BCUT2D eigenvalue weighted by molar-refractivity contribution is -0.151. The second-order valence-corrected chi connectivity index (χ2v) is 7.17. The Bertz CT molecular complexity index is 761. The van der Waals surface area contributed by atoms with Crippen LogP contribution in [-0.2, 0) is 19.8 Å². The molecular weight excluding hydrogens is 317 g/mol. The van der Waals surface area contributed by atoms with Gasteiger partial charge in [-0.2, -0.15) is 0 Å². The van der Waals surface area contributed by atoms with Crippen molar-refractivity contribution in [3.8, 4) is 0 Å². The van der Waals surface area contributed by atoms with Gasteiger partial charge in [0.05, 0.1) is 5.41 Å². The summed E-state index contributed by atoms with van der Waals surface area (Å²) in [4.78, 5) is 37.4. The Balaban J connectivity index is 1.65. The van der Waals surface area contributed by atoms with E-state index >= 15 is 0 Å². The van der Waals surface area contributed by atoms with Crippen molar-refractivity contribution in [3.05, 3.63) is 35.6 Å². The van der Waals surface area contributed by atoms with Crippen LogP contribution in [0.1, 0.15) is 24.8 Å². The smallest absolute Gasteiger partial charge is 0.312 e. The lowest BCUT2D eigenvalue weighted by Gasteiger charge is -2.26. The van der Waals surface area contributed by atoms with E-state index in [9.17, 15) is 29.0 Å². The molecule has 2 atom stereocenters. The average molecular weight is 333 g/mol. The summed E-state index contributed by atoms with van der Waals surface area (Å²) < 4.78 is 14.1. The molecule has 0 spiro atoms. The zero-order chi connectivity index (χ0) is 17.3. The number of aliphatic carboxylic acids is 2. The first kappa shape index (κ1) is 15.1. The first-order valence-electron chi connectivity index (χ1n) is 7.80. The molecule has 7 heteroatoms. The minimum absolute atomic E-state index is 0.0428. The van der Waals surface area contributed by atoms with E-state index in [1.165, 1.54) is 11.0 Å². The highest BCUT2D eigenvalue weighted by molar-refractivity contribution is 5.98. The van der Waals surface area contributed by atoms with E-state index in [-0.39, 0.29) is 25.4 Å². The lowest BCUT2D eigenvalue weighted by atomic mass is 9.93. The molecule has 1 heterocycles. The maximum atomic E-state index is 14.1. The standard InChI is InChI=1S/C17H16FNO5/c18-11-4-2-1-3-10(11)15(5-6-15)12(20)19-8-16(13(21)22)7-17(16,9-19)14(23)24/h1-4H,5-9H2,(H,21,22)(H,23,24)/t16-,17+. The number of carbonyl (C=O) groups excluding carboxylic acids is 1. The number of fused-ring (bicyclic) bond motifs is 1. The van der Waals surface area contributed by atoms with Gasteiger partial charge in [-0.1, -0.05) is 18.2 Å². The molecule has 1 saturated heterocycles. The highest BCUT2D eigenvalue weighted by atomic mass is 19.1. The quantitative estimate of drug-likeness (QED) is 0.864. The predicted octanol–water partition coefficient (Wildman–Crippen LogP) is 1.25. The molecule has 2 aliphatic carbocycles. The van der Waals surface area contributed by atoms with Crippen molar-refractivity contribution in [1.29, 1.82) is 0 Å². The molecule has 24 heavy (non-hydrogen) atoms. The van der Waals surface area contributed by atoms with Crippen molar-refractivity contribution in [1.82, 2.24) is 4.90 Å². The summed E-state index contributed by atoms with van der Waals surface area (Å²) in [6, 6.07) is 6.06. The van der Waals surface area contributed by atoms with Gasteiger partial charge in [0.2, 0.25) is 5.91 Å². The normalized spacial score (nSPS) is 32.1. The number of carboxylic acid groups (broad SMARTS) is 2.